The van der Waals surface area contributed by atoms with Crippen molar-refractivity contribution in [2.24, 2.45) is 52.3 Å². The Kier molecular flexibility index (Phi) is 11.6. The highest BCUT2D eigenvalue weighted by Gasteiger charge is 2.63. The molecule has 11 unspecified atom stereocenters. The molecule has 7 aliphatic rings. The Labute approximate surface area is 307 Å². The predicted molar refractivity (Wildman–Crippen MR) is 186 cm³/mol. The van der Waals surface area contributed by atoms with E-state index in [1.807, 2.05) is 0 Å². The van der Waals surface area contributed by atoms with Crippen LogP contribution in [0.2, 0.25) is 0 Å². The molecule has 7 fully saturated rings. The number of ketones is 1. The van der Waals surface area contributed by atoms with E-state index in [0.29, 0.717) is 60.7 Å². The fourth-order valence-electron chi connectivity index (χ4n) is 12.6. The van der Waals surface area contributed by atoms with Gasteiger partial charge in [0.25, 0.3) is 0 Å². The van der Waals surface area contributed by atoms with Crippen LogP contribution in [0.1, 0.15) is 91.9 Å². The number of aliphatic hydroxyl groups is 7. The second-order valence-corrected chi connectivity index (χ2v) is 18.4. The lowest BCUT2D eigenvalue weighted by Crippen LogP contribution is -2.65. The van der Waals surface area contributed by atoms with E-state index in [9.17, 15) is 40.5 Å². The SMILES string of the molecule is CC1CCC(C(C)C2CCC3C4CC(=O)C5CC(O[C@@H]6O[C@H](CO)[C@H](O[C@@H]7O[C@H](CO)[C@@H](O)[C@H](O)[C@H]7O)[C@H](O)[C@H]6O)CCC5(C)C4CCC23C)NC1. The lowest BCUT2D eigenvalue weighted by molar-refractivity contribution is -0.364. The fourth-order valence-corrected chi connectivity index (χ4v) is 12.6. The minimum atomic E-state index is -1.74. The standard InChI is InChI=1S/C39H65NO12/c1-18-5-8-26(40-15-18)19(2)22-6-7-23-21-14-27(43)25-13-20(9-11-39(25,4)24(21)10-12-38(22,23)3)49-36-34(48)32(46)35(29(17-42)51-36)52-37-33(47)31(45)30(44)28(16-41)50-37/h18-26,28-37,40-42,44-48H,5-17H2,1-4H3/t18?,19?,20?,21?,22?,23?,24?,25?,26?,28-,29-,30-,31+,32-,33-,34-,35+,36-,37+,38?,39?/m1/s1. The van der Waals surface area contributed by atoms with Crippen LogP contribution in [0.3, 0.4) is 0 Å². The van der Waals surface area contributed by atoms with E-state index in [2.05, 4.69) is 33.0 Å². The highest BCUT2D eigenvalue weighted by Crippen LogP contribution is 2.68. The highest BCUT2D eigenvalue weighted by molar-refractivity contribution is 5.83. The average molecular weight is 740 g/mol. The van der Waals surface area contributed by atoms with E-state index < -0.39 is 80.7 Å². The molecular weight excluding hydrogens is 674 g/mol. The fraction of sp³-hybridized carbons (Fsp3) is 0.974. The minimum Gasteiger partial charge on any atom is -0.394 e. The maximum Gasteiger partial charge on any atom is 0.187 e. The Bertz CT molecular complexity index is 1250. The molecule has 0 spiro atoms. The Morgan fingerprint density at radius 3 is 2.13 bits per heavy atom. The van der Waals surface area contributed by atoms with E-state index in [-0.39, 0.29) is 16.7 Å². The number of piperidine rings is 1. The summed E-state index contributed by atoms with van der Waals surface area (Å²) >= 11 is 0. The number of carbonyl (C=O) groups excluding carboxylic acids is 1. The molecule has 298 valence electrons. The van der Waals surface area contributed by atoms with Gasteiger partial charge in [0.2, 0.25) is 0 Å². The number of hydrogen-bond donors (Lipinski definition) is 8. The number of fused-ring (bicyclic) bond motifs is 5. The van der Waals surface area contributed by atoms with Crippen molar-refractivity contribution < 1.29 is 59.5 Å². The summed E-state index contributed by atoms with van der Waals surface area (Å²) in [5.41, 5.74) is 0.132. The molecule has 0 aromatic rings. The van der Waals surface area contributed by atoms with Crippen molar-refractivity contribution in [3.63, 3.8) is 0 Å². The van der Waals surface area contributed by atoms with Gasteiger partial charge in [-0.15, -0.1) is 0 Å². The monoisotopic (exact) mass is 739 g/mol. The number of rotatable bonds is 8. The van der Waals surface area contributed by atoms with E-state index in [4.69, 9.17) is 18.9 Å². The van der Waals surface area contributed by atoms with E-state index >= 15 is 0 Å². The van der Waals surface area contributed by atoms with Crippen molar-refractivity contribution >= 4 is 5.78 Å². The van der Waals surface area contributed by atoms with Gasteiger partial charge < -0.3 is 60.0 Å². The molecule has 3 heterocycles. The number of ether oxygens (including phenoxy) is 4. The van der Waals surface area contributed by atoms with Crippen LogP contribution in [-0.2, 0) is 23.7 Å². The number of Topliss-reactive ketones (excluding diaryl/α,β-unsaturated/α-hetero) is 1. The van der Waals surface area contributed by atoms with Gasteiger partial charge in [-0.3, -0.25) is 4.79 Å². The van der Waals surface area contributed by atoms with Crippen LogP contribution in [0, 0.1) is 52.3 Å². The molecular formula is C39H65NO12. The first-order chi connectivity index (χ1) is 24.7. The van der Waals surface area contributed by atoms with Gasteiger partial charge in [-0.05, 0) is 111 Å². The van der Waals surface area contributed by atoms with Crippen LogP contribution in [0.4, 0.5) is 0 Å². The summed E-state index contributed by atoms with van der Waals surface area (Å²) in [6.07, 6.45) is -5.43. The molecule has 0 amide bonds. The molecule has 0 aromatic carbocycles. The number of aliphatic hydroxyl groups excluding tert-OH is 7. The third-order valence-corrected chi connectivity index (χ3v) is 15.7. The molecule has 21 atom stereocenters. The van der Waals surface area contributed by atoms with Crippen molar-refractivity contribution in [2.45, 2.75) is 165 Å². The second-order valence-electron chi connectivity index (χ2n) is 18.4. The van der Waals surface area contributed by atoms with E-state index in [1.165, 1.54) is 32.1 Å². The van der Waals surface area contributed by atoms with Gasteiger partial charge in [-0.25, -0.2) is 0 Å². The number of carbonyl (C=O) groups is 1. The Morgan fingerprint density at radius 1 is 0.788 bits per heavy atom. The molecule has 0 radical (unpaired) electrons. The highest BCUT2D eigenvalue weighted by atomic mass is 16.7. The molecule has 3 aliphatic heterocycles. The van der Waals surface area contributed by atoms with Crippen LogP contribution >= 0.6 is 0 Å². The summed E-state index contributed by atoms with van der Waals surface area (Å²) in [5, 5.41) is 76.6. The summed E-state index contributed by atoms with van der Waals surface area (Å²) in [6, 6.07) is 0.584. The maximum absolute atomic E-state index is 14.2. The Hall–Kier alpha value is -0.810. The summed E-state index contributed by atoms with van der Waals surface area (Å²) in [7, 11) is 0. The molecule has 4 saturated carbocycles. The van der Waals surface area contributed by atoms with Crippen molar-refractivity contribution in [3.8, 4) is 0 Å². The third kappa shape index (κ3) is 6.74. The van der Waals surface area contributed by atoms with Crippen molar-refractivity contribution in [2.75, 3.05) is 19.8 Å². The van der Waals surface area contributed by atoms with Crippen LogP contribution in [0.25, 0.3) is 0 Å². The van der Waals surface area contributed by atoms with Crippen molar-refractivity contribution in [1.29, 1.82) is 0 Å². The van der Waals surface area contributed by atoms with Crippen LogP contribution in [0.5, 0.6) is 0 Å². The Morgan fingerprint density at radius 2 is 1.44 bits per heavy atom. The summed E-state index contributed by atoms with van der Waals surface area (Å²) in [5.74, 6) is 3.66. The summed E-state index contributed by atoms with van der Waals surface area (Å²) in [4.78, 5) is 14.2. The normalized spacial score (nSPS) is 54.6. The molecule has 8 N–H and O–H groups in total. The molecule has 7 rings (SSSR count). The largest absolute Gasteiger partial charge is 0.394 e. The molecule has 13 heteroatoms. The molecule has 52 heavy (non-hydrogen) atoms. The van der Waals surface area contributed by atoms with E-state index in [1.54, 1.807) is 0 Å². The van der Waals surface area contributed by atoms with Gasteiger partial charge in [-0.2, -0.15) is 0 Å². The van der Waals surface area contributed by atoms with Gasteiger partial charge in [0.05, 0.1) is 19.3 Å². The number of hydrogen-bond acceptors (Lipinski definition) is 13. The van der Waals surface area contributed by atoms with Crippen molar-refractivity contribution in [1.82, 2.24) is 5.32 Å². The maximum atomic E-state index is 14.2. The number of nitrogens with one attached hydrogen (secondary N) is 1. The quantitative estimate of drug-likeness (QED) is 0.163. The molecule has 0 aromatic heterocycles. The summed E-state index contributed by atoms with van der Waals surface area (Å²) in [6.45, 7) is 9.49. The molecule has 4 aliphatic carbocycles. The van der Waals surface area contributed by atoms with E-state index in [0.717, 1.165) is 25.3 Å². The molecule has 0 bridgehead atoms. The molecule has 3 saturated heterocycles. The minimum absolute atomic E-state index is 0.129. The van der Waals surface area contributed by atoms with Gasteiger partial charge >= 0.3 is 0 Å². The zero-order valence-corrected chi connectivity index (χ0v) is 31.3. The summed E-state index contributed by atoms with van der Waals surface area (Å²) < 4.78 is 23.3. The van der Waals surface area contributed by atoms with Gasteiger partial charge in [0, 0.05) is 18.4 Å². The zero-order valence-electron chi connectivity index (χ0n) is 31.3. The van der Waals surface area contributed by atoms with Crippen LogP contribution < -0.4 is 5.32 Å². The zero-order chi connectivity index (χ0) is 37.3. The van der Waals surface area contributed by atoms with Crippen LogP contribution in [0.15, 0.2) is 0 Å². The van der Waals surface area contributed by atoms with Gasteiger partial charge in [-0.1, -0.05) is 27.7 Å². The predicted octanol–water partition coefficient (Wildman–Crippen LogP) is 0.858. The first kappa shape index (κ1) is 39.4. The lowest BCUT2D eigenvalue weighted by atomic mass is 9.44. The smallest absolute Gasteiger partial charge is 0.187 e. The first-order valence-corrected chi connectivity index (χ1v) is 20.2. The van der Waals surface area contributed by atoms with Gasteiger partial charge in [0.15, 0.2) is 12.6 Å². The van der Waals surface area contributed by atoms with Gasteiger partial charge in [0.1, 0.15) is 54.6 Å². The lowest BCUT2D eigenvalue weighted by Gasteiger charge is -2.61. The first-order valence-electron chi connectivity index (χ1n) is 20.2. The third-order valence-electron chi connectivity index (χ3n) is 15.7. The van der Waals surface area contributed by atoms with Crippen molar-refractivity contribution in [3.05, 3.63) is 0 Å². The Balaban J connectivity index is 0.981. The molecule has 13 nitrogen and oxygen atoms in total. The van der Waals surface area contributed by atoms with Crippen LogP contribution in [-0.4, -0.2) is 135 Å². The second kappa shape index (κ2) is 15.3. The topological polar surface area (TPSA) is 208 Å². The average Bonchev–Trinajstić information content (AvgIpc) is 3.49.